The number of carboxylic acid groups (broad SMARTS) is 1. The molecule has 1 aliphatic carbocycles. The van der Waals surface area contributed by atoms with Gasteiger partial charge in [0.25, 0.3) is 0 Å². The second-order valence-electron chi connectivity index (χ2n) is 6.93. The molecule has 0 fully saturated rings. The van der Waals surface area contributed by atoms with Gasteiger partial charge in [0.2, 0.25) is 0 Å². The zero-order valence-corrected chi connectivity index (χ0v) is 17.5. The predicted octanol–water partition coefficient (Wildman–Crippen LogP) is 2.52. The van der Waals surface area contributed by atoms with E-state index in [1.165, 1.54) is 11.3 Å². The second-order valence-corrected chi connectivity index (χ2v) is 8.03. The third-order valence-electron chi connectivity index (χ3n) is 4.91. The first-order valence-electron chi connectivity index (χ1n) is 9.63. The van der Waals surface area contributed by atoms with Gasteiger partial charge in [-0.2, -0.15) is 0 Å². The van der Waals surface area contributed by atoms with Crippen molar-refractivity contribution in [2.45, 2.75) is 31.8 Å². The first-order valence-corrected chi connectivity index (χ1v) is 10.5. The molecule has 3 rings (SSSR count). The van der Waals surface area contributed by atoms with Gasteiger partial charge < -0.3 is 29.7 Å². The minimum Gasteiger partial charge on any atom is -0.493 e. The van der Waals surface area contributed by atoms with Crippen LogP contribution in [0.4, 0.5) is 0 Å². The van der Waals surface area contributed by atoms with Crippen LogP contribution in [0.2, 0.25) is 0 Å². The van der Waals surface area contributed by atoms with Gasteiger partial charge in [-0.05, 0) is 49.9 Å². The van der Waals surface area contributed by atoms with Crippen molar-refractivity contribution in [2.75, 3.05) is 33.9 Å². The van der Waals surface area contributed by atoms with Gasteiger partial charge in [0.15, 0.2) is 16.4 Å². The normalized spacial score (nSPS) is 13.8. The maximum Gasteiger partial charge on any atom is 0.349 e. The topological polar surface area (TPSA) is 97.2 Å². The number of nitrogens with one attached hydrogen (secondary N) is 1. The maximum atomic E-state index is 11.4. The second kappa shape index (κ2) is 9.96. The van der Waals surface area contributed by atoms with Gasteiger partial charge in [0.1, 0.15) is 18.5 Å². The molecular weight excluding hydrogens is 394 g/mol. The van der Waals surface area contributed by atoms with Gasteiger partial charge in [-0.15, -0.1) is 11.3 Å². The van der Waals surface area contributed by atoms with Crippen molar-refractivity contribution in [2.24, 2.45) is 0 Å². The number of fused-ring (bicyclic) bond motifs is 1. The smallest absolute Gasteiger partial charge is 0.349 e. The van der Waals surface area contributed by atoms with E-state index in [1.54, 1.807) is 14.2 Å². The minimum absolute atomic E-state index is 0.0623. The number of carboxylic acids is 1. The first kappa shape index (κ1) is 21.4. The molecule has 158 valence electrons. The summed E-state index contributed by atoms with van der Waals surface area (Å²) >= 11 is 1.29. The van der Waals surface area contributed by atoms with Crippen molar-refractivity contribution in [1.82, 2.24) is 5.32 Å². The number of hydrogen-bond acceptors (Lipinski definition) is 7. The van der Waals surface area contributed by atoms with E-state index >= 15 is 0 Å². The third-order valence-corrected chi connectivity index (χ3v) is 6.17. The van der Waals surface area contributed by atoms with Crippen LogP contribution in [0.25, 0.3) is 0 Å². The summed E-state index contributed by atoms with van der Waals surface area (Å²) < 4.78 is 16.3. The van der Waals surface area contributed by atoms with E-state index in [9.17, 15) is 15.0 Å². The molecule has 1 heterocycles. The number of methoxy groups -OCH3 is 2. The van der Waals surface area contributed by atoms with E-state index in [0.29, 0.717) is 30.3 Å². The van der Waals surface area contributed by atoms with Crippen molar-refractivity contribution in [1.29, 1.82) is 0 Å². The molecule has 1 atom stereocenters. The number of aliphatic hydroxyl groups excluding tert-OH is 1. The number of benzene rings is 1. The fourth-order valence-electron chi connectivity index (χ4n) is 3.44. The average Bonchev–Trinajstić information content (AvgIpc) is 3.31. The molecule has 0 amide bonds. The summed E-state index contributed by atoms with van der Waals surface area (Å²) in [5.41, 5.74) is 2.10. The summed E-state index contributed by atoms with van der Waals surface area (Å²) in [6, 6.07) is 5.79. The number of aliphatic hydroxyl groups is 1. The number of carbonyl (C=O) groups is 1. The number of aromatic carboxylic acids is 1. The van der Waals surface area contributed by atoms with Crippen LogP contribution in [0.15, 0.2) is 18.2 Å². The van der Waals surface area contributed by atoms with Crippen LogP contribution in [0.1, 0.15) is 32.1 Å². The van der Waals surface area contributed by atoms with E-state index in [-0.39, 0.29) is 11.5 Å². The van der Waals surface area contributed by atoms with Crippen molar-refractivity contribution < 1.29 is 29.2 Å². The predicted molar refractivity (Wildman–Crippen MR) is 111 cm³/mol. The van der Waals surface area contributed by atoms with E-state index in [4.69, 9.17) is 14.2 Å². The Hall–Kier alpha value is -2.29. The summed E-state index contributed by atoms with van der Waals surface area (Å²) in [5, 5.41) is 22.8. The Morgan fingerprint density at radius 1 is 1.24 bits per heavy atom. The van der Waals surface area contributed by atoms with E-state index < -0.39 is 12.1 Å². The Bertz CT molecular complexity index is 850. The van der Waals surface area contributed by atoms with Crippen LogP contribution >= 0.6 is 11.3 Å². The Kier molecular flexibility index (Phi) is 7.35. The summed E-state index contributed by atoms with van der Waals surface area (Å²) in [7, 11) is 3.21. The zero-order chi connectivity index (χ0) is 20.8. The Morgan fingerprint density at radius 2 is 2.03 bits per heavy atom. The van der Waals surface area contributed by atoms with E-state index in [0.717, 1.165) is 41.7 Å². The Morgan fingerprint density at radius 3 is 2.76 bits per heavy atom. The lowest BCUT2D eigenvalue weighted by Crippen LogP contribution is -2.32. The van der Waals surface area contributed by atoms with Crippen molar-refractivity contribution in [3.05, 3.63) is 39.1 Å². The Balaban J connectivity index is 1.44. The van der Waals surface area contributed by atoms with Crippen LogP contribution in [0.3, 0.4) is 0 Å². The molecule has 7 nitrogen and oxygen atoms in total. The lowest BCUT2D eigenvalue weighted by atomic mass is 10.1. The lowest BCUT2D eigenvalue weighted by Gasteiger charge is -2.14. The van der Waals surface area contributed by atoms with Crippen LogP contribution in [-0.4, -0.2) is 56.2 Å². The summed E-state index contributed by atoms with van der Waals surface area (Å²) in [5.74, 6) is 0.856. The van der Waals surface area contributed by atoms with Gasteiger partial charge in [-0.25, -0.2) is 4.79 Å². The molecule has 29 heavy (non-hydrogen) atoms. The van der Waals surface area contributed by atoms with Crippen molar-refractivity contribution in [3.63, 3.8) is 0 Å². The standard InChI is InChI=1S/C21H27NO6S/c1-26-16-7-6-13(10-17(16)27-2)8-9-22-11-14(23)12-28-19-15-4-3-5-18(15)29-20(19)21(24)25/h6-7,10,14,22-23H,3-5,8-9,11-12H2,1-2H3,(H,24,25). The molecule has 3 N–H and O–H groups in total. The molecule has 1 unspecified atom stereocenters. The van der Waals surface area contributed by atoms with Crippen LogP contribution in [-0.2, 0) is 19.3 Å². The molecule has 0 bridgehead atoms. The summed E-state index contributed by atoms with van der Waals surface area (Å²) in [4.78, 5) is 12.8. The quantitative estimate of drug-likeness (QED) is 0.480. The first-order chi connectivity index (χ1) is 14.0. The highest BCUT2D eigenvalue weighted by Crippen LogP contribution is 2.41. The molecule has 2 aromatic rings. The van der Waals surface area contributed by atoms with Gasteiger partial charge in [-0.3, -0.25) is 0 Å². The van der Waals surface area contributed by atoms with E-state index in [2.05, 4.69) is 5.32 Å². The maximum absolute atomic E-state index is 11.4. The SMILES string of the molecule is COc1ccc(CCNCC(O)COc2c(C(=O)O)sc3c2CCC3)cc1OC. The average molecular weight is 422 g/mol. The van der Waals surface area contributed by atoms with Gasteiger partial charge in [-0.1, -0.05) is 6.07 Å². The fraction of sp³-hybridized carbons (Fsp3) is 0.476. The van der Waals surface area contributed by atoms with E-state index in [1.807, 2.05) is 18.2 Å². The van der Waals surface area contributed by atoms with Crippen LogP contribution in [0, 0.1) is 0 Å². The van der Waals surface area contributed by atoms with Gasteiger partial charge in [0, 0.05) is 17.0 Å². The van der Waals surface area contributed by atoms with Crippen molar-refractivity contribution in [3.8, 4) is 17.2 Å². The largest absolute Gasteiger partial charge is 0.493 e. The molecule has 1 aromatic carbocycles. The van der Waals surface area contributed by atoms with Gasteiger partial charge >= 0.3 is 5.97 Å². The highest BCUT2D eigenvalue weighted by atomic mass is 32.1. The highest BCUT2D eigenvalue weighted by molar-refractivity contribution is 7.14. The minimum atomic E-state index is -0.970. The third kappa shape index (κ3) is 5.20. The highest BCUT2D eigenvalue weighted by Gasteiger charge is 2.27. The van der Waals surface area contributed by atoms with Crippen LogP contribution in [0.5, 0.6) is 17.2 Å². The molecule has 0 saturated heterocycles. The Labute approximate surface area is 174 Å². The van der Waals surface area contributed by atoms with Crippen molar-refractivity contribution >= 4 is 17.3 Å². The molecule has 0 radical (unpaired) electrons. The lowest BCUT2D eigenvalue weighted by molar-refractivity contribution is 0.0689. The summed E-state index contributed by atoms with van der Waals surface area (Å²) in [6.45, 7) is 1.11. The number of ether oxygens (including phenoxy) is 3. The molecule has 1 aliphatic rings. The molecule has 1 aromatic heterocycles. The number of hydrogen-bond donors (Lipinski definition) is 3. The number of thiophene rings is 1. The molecule has 0 saturated carbocycles. The number of rotatable bonds is 11. The van der Waals surface area contributed by atoms with Crippen LogP contribution < -0.4 is 19.5 Å². The van der Waals surface area contributed by atoms with Gasteiger partial charge in [0.05, 0.1) is 14.2 Å². The molecular formula is C21H27NO6S. The monoisotopic (exact) mass is 421 g/mol. The summed E-state index contributed by atoms with van der Waals surface area (Å²) in [6.07, 6.45) is 2.82. The number of aryl methyl sites for hydroxylation is 1. The molecule has 8 heteroatoms. The zero-order valence-electron chi connectivity index (χ0n) is 16.7. The molecule has 0 spiro atoms. The fourth-order valence-corrected chi connectivity index (χ4v) is 4.62. The molecule has 0 aliphatic heterocycles.